The van der Waals surface area contributed by atoms with Crippen LogP contribution in [-0.4, -0.2) is 66.0 Å². The van der Waals surface area contributed by atoms with E-state index in [1.807, 2.05) is 11.0 Å². The van der Waals surface area contributed by atoms with Crippen molar-refractivity contribution in [1.29, 1.82) is 0 Å². The second-order valence-corrected chi connectivity index (χ2v) is 9.31. The number of likely N-dealkylation sites (tertiary alicyclic amines) is 1. The van der Waals surface area contributed by atoms with E-state index in [1.165, 1.54) is 11.1 Å². The van der Waals surface area contributed by atoms with E-state index in [4.69, 9.17) is 4.74 Å². The monoisotopic (exact) mass is 433 g/mol. The highest BCUT2D eigenvalue weighted by atomic mass is 19.1. The summed E-state index contributed by atoms with van der Waals surface area (Å²) in [6.45, 7) is 2.71. The van der Waals surface area contributed by atoms with Crippen LogP contribution in [0.1, 0.15) is 43.2 Å². The minimum atomic E-state index is -0.986. The number of ether oxygens (including phenoxy) is 1. The number of aliphatic hydroxyl groups is 1. The van der Waals surface area contributed by atoms with Gasteiger partial charge in [-0.3, -0.25) is 15.0 Å². The highest BCUT2D eigenvalue weighted by molar-refractivity contribution is 6.07. The van der Waals surface area contributed by atoms with Gasteiger partial charge < -0.3 is 15.2 Å². The lowest BCUT2D eigenvalue weighted by Crippen LogP contribution is -2.69. The minimum Gasteiger partial charge on any atom is -0.497 e. The van der Waals surface area contributed by atoms with E-state index in [2.05, 4.69) is 29.7 Å². The van der Waals surface area contributed by atoms with Crippen molar-refractivity contribution in [1.82, 2.24) is 15.5 Å². The molecule has 2 heterocycles. The van der Waals surface area contributed by atoms with Gasteiger partial charge in [-0.25, -0.2) is 9.18 Å². The van der Waals surface area contributed by atoms with Crippen LogP contribution in [-0.2, 0) is 11.2 Å². The van der Waals surface area contributed by atoms with Crippen LogP contribution in [0.2, 0.25) is 0 Å². The smallest absolute Gasteiger partial charge is 0.322 e. The zero-order valence-corrected chi connectivity index (χ0v) is 18.2. The fourth-order valence-corrected chi connectivity index (χ4v) is 5.71. The maximum Gasteiger partial charge on any atom is 0.322 e. The highest BCUT2D eigenvalue weighted by Gasteiger charge is 2.57. The molecule has 4 rings (SSSR count). The minimum absolute atomic E-state index is 0.133. The number of hydrogen-bond acceptors (Lipinski definition) is 5. The lowest BCUT2D eigenvalue weighted by atomic mass is 9.64. The molecular formula is C23H32FN3O4. The van der Waals surface area contributed by atoms with Crippen LogP contribution in [0.15, 0.2) is 18.2 Å². The Balaban J connectivity index is 1.44. The van der Waals surface area contributed by atoms with Crippen molar-refractivity contribution in [2.75, 3.05) is 26.9 Å². The quantitative estimate of drug-likeness (QED) is 0.573. The molecule has 1 aliphatic carbocycles. The average molecular weight is 434 g/mol. The van der Waals surface area contributed by atoms with Crippen LogP contribution in [0.5, 0.6) is 5.75 Å². The Morgan fingerprint density at radius 2 is 2.00 bits per heavy atom. The normalized spacial score (nSPS) is 33.2. The highest BCUT2D eigenvalue weighted by Crippen LogP contribution is 2.46. The summed E-state index contributed by atoms with van der Waals surface area (Å²) in [4.78, 5) is 25.9. The predicted octanol–water partition coefficient (Wildman–Crippen LogP) is 2.09. The molecule has 0 aromatic heterocycles. The first kappa shape index (κ1) is 22.0. The first-order chi connectivity index (χ1) is 14.8. The molecule has 7 nitrogen and oxygen atoms in total. The van der Waals surface area contributed by atoms with Crippen LogP contribution in [0.4, 0.5) is 9.18 Å². The van der Waals surface area contributed by atoms with E-state index in [9.17, 15) is 19.1 Å². The zero-order chi connectivity index (χ0) is 22.2. The van der Waals surface area contributed by atoms with Gasteiger partial charge in [-0.1, -0.05) is 6.07 Å². The third kappa shape index (κ3) is 4.03. The molecule has 2 aliphatic heterocycles. The van der Waals surface area contributed by atoms with Gasteiger partial charge in [-0.05, 0) is 74.6 Å². The second kappa shape index (κ2) is 8.39. The van der Waals surface area contributed by atoms with Crippen molar-refractivity contribution in [3.63, 3.8) is 0 Å². The van der Waals surface area contributed by atoms with Gasteiger partial charge in [0.05, 0.1) is 12.7 Å². The lowest BCUT2D eigenvalue weighted by Gasteiger charge is -2.57. The van der Waals surface area contributed by atoms with E-state index in [0.29, 0.717) is 32.2 Å². The zero-order valence-electron chi connectivity index (χ0n) is 18.2. The fraction of sp³-hybridized carbons (Fsp3) is 0.652. The van der Waals surface area contributed by atoms with Crippen molar-refractivity contribution in [2.24, 2.45) is 5.92 Å². The number of urea groups is 1. The molecule has 3 fully saturated rings. The number of nitrogens with zero attached hydrogens (tertiary/aromatic N) is 1. The molecule has 31 heavy (non-hydrogen) atoms. The summed E-state index contributed by atoms with van der Waals surface area (Å²) < 4.78 is 18.5. The number of carbonyl (C=O) groups excluding carboxylic acids is 2. The summed E-state index contributed by atoms with van der Waals surface area (Å²) in [5.74, 6) is 0.778. The molecule has 2 unspecified atom stereocenters. The number of imide groups is 1. The maximum atomic E-state index is 13.1. The molecule has 1 aromatic rings. The Kier molecular flexibility index (Phi) is 5.96. The topological polar surface area (TPSA) is 90.9 Å². The molecule has 2 atom stereocenters. The number of benzene rings is 1. The van der Waals surface area contributed by atoms with Gasteiger partial charge in [-0.15, -0.1) is 0 Å². The number of amides is 3. The number of halogens is 1. The SMILES string of the molecule is COc1ccc(C)c(CCC2CN(CCF)C2C2(O)CCC3(CC2)NC(=O)NC3=O)c1. The van der Waals surface area contributed by atoms with Crippen LogP contribution in [0, 0.1) is 12.8 Å². The molecule has 3 amide bonds. The number of hydrogen-bond donors (Lipinski definition) is 3. The van der Waals surface area contributed by atoms with Crippen molar-refractivity contribution in [2.45, 2.75) is 62.6 Å². The van der Waals surface area contributed by atoms with Crippen LogP contribution >= 0.6 is 0 Å². The molecule has 3 N–H and O–H groups in total. The Labute approximate surface area is 182 Å². The fourth-order valence-electron chi connectivity index (χ4n) is 5.71. The molecule has 170 valence electrons. The Morgan fingerprint density at radius 1 is 1.26 bits per heavy atom. The van der Waals surface area contributed by atoms with E-state index < -0.39 is 23.8 Å². The summed E-state index contributed by atoms with van der Waals surface area (Å²) in [5.41, 5.74) is 0.534. The van der Waals surface area contributed by atoms with Crippen molar-refractivity contribution in [3.8, 4) is 5.75 Å². The Bertz CT molecular complexity index is 853. The van der Waals surface area contributed by atoms with E-state index in [0.717, 1.165) is 25.1 Å². The van der Waals surface area contributed by atoms with Gasteiger partial charge in [-0.2, -0.15) is 0 Å². The molecule has 1 spiro atoms. The molecule has 0 bridgehead atoms. The molecule has 1 saturated carbocycles. The van der Waals surface area contributed by atoms with E-state index in [1.54, 1.807) is 7.11 Å². The first-order valence-electron chi connectivity index (χ1n) is 11.1. The van der Waals surface area contributed by atoms with Crippen molar-refractivity contribution < 1.29 is 23.8 Å². The third-order valence-corrected chi connectivity index (χ3v) is 7.56. The van der Waals surface area contributed by atoms with Crippen molar-refractivity contribution in [3.05, 3.63) is 29.3 Å². The average Bonchev–Trinajstić information content (AvgIpc) is 3.00. The molecule has 1 aromatic carbocycles. The Morgan fingerprint density at radius 3 is 2.61 bits per heavy atom. The molecule has 8 heteroatoms. The van der Waals surface area contributed by atoms with E-state index in [-0.39, 0.29) is 17.9 Å². The number of methoxy groups -OCH3 is 1. The van der Waals surface area contributed by atoms with Crippen molar-refractivity contribution >= 4 is 11.9 Å². The van der Waals surface area contributed by atoms with Crippen LogP contribution < -0.4 is 15.4 Å². The number of carbonyl (C=O) groups is 2. The van der Waals surface area contributed by atoms with Crippen LogP contribution in [0.25, 0.3) is 0 Å². The summed E-state index contributed by atoms with van der Waals surface area (Å²) in [5, 5.41) is 16.6. The number of aryl methyl sites for hydroxylation is 2. The van der Waals surface area contributed by atoms with Gasteiger partial charge in [0.1, 0.15) is 18.0 Å². The third-order valence-electron chi connectivity index (χ3n) is 7.56. The molecule has 2 saturated heterocycles. The summed E-state index contributed by atoms with van der Waals surface area (Å²) in [6.07, 6.45) is 3.36. The molecular weight excluding hydrogens is 401 g/mol. The number of rotatable bonds is 7. The maximum absolute atomic E-state index is 13.1. The first-order valence-corrected chi connectivity index (χ1v) is 11.1. The second-order valence-electron chi connectivity index (χ2n) is 9.31. The van der Waals surface area contributed by atoms with E-state index >= 15 is 0 Å². The number of nitrogens with one attached hydrogen (secondary N) is 2. The largest absolute Gasteiger partial charge is 0.497 e. The standard InChI is InChI=1S/C23H32FN3O4/c1-15-3-6-18(31-2)13-16(15)4-5-17-14-27(12-11-24)19(17)23(30)9-7-22(8-10-23)20(28)25-21(29)26-22/h3,6,13,17,19,30H,4-5,7-12,14H2,1-2H3,(H2,25,26,28,29). The summed E-state index contributed by atoms with van der Waals surface area (Å²) >= 11 is 0. The number of alkyl halides is 1. The van der Waals surface area contributed by atoms with Gasteiger partial charge >= 0.3 is 6.03 Å². The van der Waals surface area contributed by atoms with Gasteiger partial charge in [0.15, 0.2) is 0 Å². The Hall–Kier alpha value is -2.19. The predicted molar refractivity (Wildman–Crippen MR) is 114 cm³/mol. The molecule has 0 radical (unpaired) electrons. The molecule has 3 aliphatic rings. The van der Waals surface area contributed by atoms with Gasteiger partial charge in [0.25, 0.3) is 5.91 Å². The lowest BCUT2D eigenvalue weighted by molar-refractivity contribution is -0.157. The van der Waals surface area contributed by atoms with Gasteiger partial charge in [0, 0.05) is 19.1 Å². The van der Waals surface area contributed by atoms with Gasteiger partial charge in [0.2, 0.25) is 0 Å². The summed E-state index contributed by atoms with van der Waals surface area (Å²) in [7, 11) is 1.66. The van der Waals surface area contributed by atoms with Crippen LogP contribution in [0.3, 0.4) is 0 Å². The summed E-state index contributed by atoms with van der Waals surface area (Å²) in [6, 6.07) is 5.46.